The summed E-state index contributed by atoms with van der Waals surface area (Å²) in [5.41, 5.74) is 2.08. The van der Waals surface area contributed by atoms with Crippen molar-refractivity contribution >= 4 is 21.1 Å². The predicted octanol–water partition coefficient (Wildman–Crippen LogP) is 1.88. The molecule has 6 heteroatoms. The Morgan fingerprint density at radius 1 is 1.05 bits per heavy atom. The Labute approximate surface area is 110 Å². The van der Waals surface area contributed by atoms with E-state index in [1.54, 1.807) is 36.7 Å². The number of hydrogen-bond acceptors (Lipinski definition) is 3. The van der Waals surface area contributed by atoms with Gasteiger partial charge in [-0.25, -0.2) is 18.5 Å². The standard InChI is InChI=1S/C13H11N3O2S/c14-19(17,18)12-4-2-1-3-10(12)9-5-7-15-13-11(9)6-8-16-13/h1-8H,(H,15,16)(H2,14,17,18). The Kier molecular flexibility index (Phi) is 2.62. The molecular weight excluding hydrogens is 262 g/mol. The van der Waals surface area contributed by atoms with Gasteiger partial charge in [-0.3, -0.25) is 0 Å². The van der Waals surface area contributed by atoms with Gasteiger partial charge in [0.05, 0.1) is 4.90 Å². The van der Waals surface area contributed by atoms with Crippen molar-refractivity contribution in [3.05, 3.63) is 48.8 Å². The monoisotopic (exact) mass is 273 g/mol. The second-order valence-electron chi connectivity index (χ2n) is 4.14. The number of hydrogen-bond donors (Lipinski definition) is 2. The Morgan fingerprint density at radius 2 is 1.84 bits per heavy atom. The van der Waals surface area contributed by atoms with E-state index >= 15 is 0 Å². The number of H-pyrrole nitrogens is 1. The Bertz CT molecular complexity index is 853. The number of aromatic nitrogens is 2. The second-order valence-corrected chi connectivity index (χ2v) is 5.67. The van der Waals surface area contributed by atoms with Gasteiger partial charge >= 0.3 is 0 Å². The number of primary sulfonamides is 1. The summed E-state index contributed by atoms with van der Waals surface area (Å²) in [6, 6.07) is 10.3. The Balaban J connectivity index is 2.37. The summed E-state index contributed by atoms with van der Waals surface area (Å²) in [7, 11) is -3.76. The van der Waals surface area contributed by atoms with Gasteiger partial charge in [0.2, 0.25) is 10.0 Å². The summed E-state index contributed by atoms with van der Waals surface area (Å²) in [4.78, 5) is 7.29. The third-order valence-corrected chi connectivity index (χ3v) is 3.91. The minimum atomic E-state index is -3.76. The zero-order chi connectivity index (χ0) is 13.5. The van der Waals surface area contributed by atoms with E-state index in [4.69, 9.17) is 5.14 Å². The molecular formula is C13H11N3O2S. The molecule has 0 aliphatic carbocycles. The minimum absolute atomic E-state index is 0.115. The molecule has 0 aliphatic rings. The molecule has 0 saturated carbocycles. The number of benzene rings is 1. The zero-order valence-corrected chi connectivity index (χ0v) is 10.7. The molecule has 0 fully saturated rings. The van der Waals surface area contributed by atoms with Crippen LogP contribution < -0.4 is 5.14 Å². The predicted molar refractivity (Wildman–Crippen MR) is 72.9 cm³/mol. The fourth-order valence-corrected chi connectivity index (χ4v) is 2.89. The molecule has 3 rings (SSSR count). The molecule has 5 nitrogen and oxygen atoms in total. The molecule has 2 aromatic heterocycles. The average Bonchev–Trinajstić information content (AvgIpc) is 2.85. The molecule has 0 aliphatic heterocycles. The number of pyridine rings is 1. The smallest absolute Gasteiger partial charge is 0.238 e. The molecule has 0 saturated heterocycles. The summed E-state index contributed by atoms with van der Waals surface area (Å²) in [6.07, 6.45) is 3.40. The van der Waals surface area contributed by atoms with Crippen LogP contribution in [0.5, 0.6) is 0 Å². The molecule has 96 valence electrons. The van der Waals surface area contributed by atoms with Gasteiger partial charge in [0, 0.05) is 23.3 Å². The number of nitrogens with one attached hydrogen (secondary N) is 1. The van der Waals surface area contributed by atoms with Crippen LogP contribution in [-0.4, -0.2) is 18.4 Å². The highest BCUT2D eigenvalue weighted by atomic mass is 32.2. The van der Waals surface area contributed by atoms with Crippen LogP contribution in [0.3, 0.4) is 0 Å². The van der Waals surface area contributed by atoms with E-state index in [1.165, 1.54) is 6.07 Å². The average molecular weight is 273 g/mol. The second kappa shape index (κ2) is 4.18. The third-order valence-electron chi connectivity index (χ3n) is 2.94. The van der Waals surface area contributed by atoms with Crippen molar-refractivity contribution in [1.29, 1.82) is 0 Å². The largest absolute Gasteiger partial charge is 0.346 e. The lowest BCUT2D eigenvalue weighted by Crippen LogP contribution is -2.13. The van der Waals surface area contributed by atoms with E-state index in [2.05, 4.69) is 9.97 Å². The van der Waals surface area contributed by atoms with Crippen LogP contribution in [0, 0.1) is 0 Å². The maximum atomic E-state index is 11.7. The SMILES string of the molecule is NS(=O)(=O)c1ccccc1-c1ccnc2[nH]ccc12. The molecule has 0 bridgehead atoms. The number of rotatable bonds is 2. The van der Waals surface area contributed by atoms with Gasteiger partial charge in [0.15, 0.2) is 0 Å². The minimum Gasteiger partial charge on any atom is -0.346 e. The van der Waals surface area contributed by atoms with Gasteiger partial charge in [-0.15, -0.1) is 0 Å². The molecule has 0 radical (unpaired) electrons. The van der Waals surface area contributed by atoms with E-state index in [0.717, 1.165) is 10.9 Å². The van der Waals surface area contributed by atoms with Gasteiger partial charge in [-0.05, 0) is 23.8 Å². The highest BCUT2D eigenvalue weighted by Crippen LogP contribution is 2.31. The van der Waals surface area contributed by atoms with Gasteiger partial charge in [0.25, 0.3) is 0 Å². The summed E-state index contributed by atoms with van der Waals surface area (Å²) >= 11 is 0. The molecule has 19 heavy (non-hydrogen) atoms. The molecule has 0 spiro atoms. The van der Waals surface area contributed by atoms with Gasteiger partial charge in [-0.2, -0.15) is 0 Å². The number of aromatic amines is 1. The molecule has 3 N–H and O–H groups in total. The molecule has 0 atom stereocenters. The maximum Gasteiger partial charge on any atom is 0.238 e. The van der Waals surface area contributed by atoms with Gasteiger partial charge < -0.3 is 4.98 Å². The summed E-state index contributed by atoms with van der Waals surface area (Å²) in [5.74, 6) is 0. The summed E-state index contributed by atoms with van der Waals surface area (Å²) in [6.45, 7) is 0. The maximum absolute atomic E-state index is 11.7. The van der Waals surface area contributed by atoms with Crippen LogP contribution in [0.1, 0.15) is 0 Å². The molecule has 2 heterocycles. The number of sulfonamides is 1. The van der Waals surface area contributed by atoms with Gasteiger partial charge in [-0.1, -0.05) is 18.2 Å². The van der Waals surface area contributed by atoms with E-state index in [1.807, 2.05) is 6.07 Å². The van der Waals surface area contributed by atoms with Crippen LogP contribution in [0.25, 0.3) is 22.2 Å². The first-order valence-electron chi connectivity index (χ1n) is 5.62. The number of nitrogens with two attached hydrogens (primary N) is 1. The lowest BCUT2D eigenvalue weighted by Gasteiger charge is -2.08. The quantitative estimate of drug-likeness (QED) is 0.747. The molecule has 1 aromatic carbocycles. The lowest BCUT2D eigenvalue weighted by molar-refractivity contribution is 0.598. The first kappa shape index (κ1) is 11.9. The van der Waals surface area contributed by atoms with E-state index in [9.17, 15) is 8.42 Å². The first-order valence-corrected chi connectivity index (χ1v) is 7.16. The summed E-state index contributed by atoms with van der Waals surface area (Å²) < 4.78 is 23.3. The van der Waals surface area contributed by atoms with Crippen molar-refractivity contribution in [3.8, 4) is 11.1 Å². The normalized spacial score (nSPS) is 11.8. The molecule has 0 unspecified atom stereocenters. The van der Waals surface area contributed by atoms with Crippen LogP contribution in [0.2, 0.25) is 0 Å². The van der Waals surface area contributed by atoms with Crippen molar-refractivity contribution in [2.45, 2.75) is 4.90 Å². The Hall–Kier alpha value is -2.18. The van der Waals surface area contributed by atoms with Crippen LogP contribution in [0.15, 0.2) is 53.7 Å². The van der Waals surface area contributed by atoms with Crippen molar-refractivity contribution < 1.29 is 8.42 Å². The van der Waals surface area contributed by atoms with E-state index in [0.29, 0.717) is 11.2 Å². The van der Waals surface area contributed by atoms with Gasteiger partial charge in [0.1, 0.15) is 5.65 Å². The first-order chi connectivity index (χ1) is 9.07. The number of nitrogens with zero attached hydrogens (tertiary/aromatic N) is 1. The van der Waals surface area contributed by atoms with Crippen LogP contribution in [-0.2, 0) is 10.0 Å². The fraction of sp³-hybridized carbons (Fsp3) is 0. The molecule has 3 aromatic rings. The van der Waals surface area contributed by atoms with E-state index in [-0.39, 0.29) is 4.90 Å². The molecule has 0 amide bonds. The van der Waals surface area contributed by atoms with Crippen LogP contribution in [0.4, 0.5) is 0 Å². The third kappa shape index (κ3) is 2.00. The Morgan fingerprint density at radius 3 is 2.63 bits per heavy atom. The van der Waals surface area contributed by atoms with Crippen molar-refractivity contribution in [3.63, 3.8) is 0 Å². The van der Waals surface area contributed by atoms with Crippen LogP contribution >= 0.6 is 0 Å². The highest BCUT2D eigenvalue weighted by Gasteiger charge is 2.16. The highest BCUT2D eigenvalue weighted by molar-refractivity contribution is 7.89. The number of fused-ring (bicyclic) bond motifs is 1. The van der Waals surface area contributed by atoms with Crippen molar-refractivity contribution in [1.82, 2.24) is 9.97 Å². The van der Waals surface area contributed by atoms with Crippen molar-refractivity contribution in [2.75, 3.05) is 0 Å². The lowest BCUT2D eigenvalue weighted by atomic mass is 10.0. The summed E-state index contributed by atoms with van der Waals surface area (Å²) in [5, 5.41) is 6.12. The van der Waals surface area contributed by atoms with E-state index < -0.39 is 10.0 Å². The topological polar surface area (TPSA) is 88.8 Å². The fourth-order valence-electron chi connectivity index (χ4n) is 2.13. The van der Waals surface area contributed by atoms with Crippen molar-refractivity contribution in [2.24, 2.45) is 5.14 Å². The zero-order valence-electron chi connectivity index (χ0n) is 9.87.